The fourth-order valence-electron chi connectivity index (χ4n) is 2.41. The van der Waals surface area contributed by atoms with Crippen molar-refractivity contribution < 1.29 is 0 Å². The van der Waals surface area contributed by atoms with E-state index in [0.29, 0.717) is 0 Å². The van der Waals surface area contributed by atoms with Crippen LogP contribution in [0.5, 0.6) is 0 Å². The molecule has 1 fully saturated rings. The van der Waals surface area contributed by atoms with Gasteiger partial charge in [-0.25, -0.2) is 4.98 Å². The van der Waals surface area contributed by atoms with Crippen molar-refractivity contribution in [1.29, 1.82) is 0 Å². The molecule has 1 aromatic rings. The van der Waals surface area contributed by atoms with Crippen LogP contribution < -0.4 is 5.32 Å². The molecule has 0 aromatic carbocycles. The molecule has 0 aliphatic carbocycles. The molecule has 1 saturated heterocycles. The van der Waals surface area contributed by atoms with Gasteiger partial charge >= 0.3 is 0 Å². The second-order valence-corrected chi connectivity index (χ2v) is 5.87. The Morgan fingerprint density at radius 2 is 2.31 bits per heavy atom. The van der Waals surface area contributed by atoms with Crippen molar-refractivity contribution in [1.82, 2.24) is 14.9 Å². The second-order valence-electron chi connectivity index (χ2n) is 5.87. The van der Waals surface area contributed by atoms with Crippen molar-refractivity contribution in [3.05, 3.63) is 18.2 Å². The van der Waals surface area contributed by atoms with E-state index in [2.05, 4.69) is 35.6 Å². The molecular formula is C13H23N3. The van der Waals surface area contributed by atoms with E-state index in [1.54, 1.807) is 0 Å². The summed E-state index contributed by atoms with van der Waals surface area (Å²) in [4.78, 5) is 4.28. The fourth-order valence-corrected chi connectivity index (χ4v) is 2.41. The Labute approximate surface area is 98.3 Å². The van der Waals surface area contributed by atoms with Gasteiger partial charge in [0.05, 0.1) is 6.33 Å². The van der Waals surface area contributed by atoms with Crippen LogP contribution in [0.3, 0.4) is 0 Å². The summed E-state index contributed by atoms with van der Waals surface area (Å²) < 4.78 is 2.32. The van der Waals surface area contributed by atoms with Crippen LogP contribution in [0.2, 0.25) is 0 Å². The van der Waals surface area contributed by atoms with Gasteiger partial charge < -0.3 is 9.88 Å². The van der Waals surface area contributed by atoms with Gasteiger partial charge in [0.15, 0.2) is 0 Å². The van der Waals surface area contributed by atoms with E-state index in [4.69, 9.17) is 0 Å². The number of nitrogens with one attached hydrogen (secondary N) is 1. The molecule has 1 N–H and O–H groups in total. The average Bonchev–Trinajstić information content (AvgIpc) is 2.85. The number of rotatable bonds is 3. The first-order valence-electron chi connectivity index (χ1n) is 6.28. The van der Waals surface area contributed by atoms with Crippen LogP contribution in [-0.2, 0) is 12.0 Å². The number of hydrogen-bond donors (Lipinski definition) is 1. The maximum Gasteiger partial charge on any atom is 0.0948 e. The summed E-state index contributed by atoms with van der Waals surface area (Å²) in [6.07, 6.45) is 6.59. The first-order valence-corrected chi connectivity index (χ1v) is 6.28. The summed E-state index contributed by atoms with van der Waals surface area (Å²) in [5, 5.41) is 3.42. The topological polar surface area (TPSA) is 29.9 Å². The van der Waals surface area contributed by atoms with E-state index < -0.39 is 0 Å². The molecule has 1 aromatic heterocycles. The van der Waals surface area contributed by atoms with E-state index in [1.165, 1.54) is 31.6 Å². The molecule has 2 heterocycles. The average molecular weight is 221 g/mol. The lowest BCUT2D eigenvalue weighted by atomic mass is 9.92. The SMILES string of the molecule is CC(C)(C)c1cncn1CCC1CCNC1. The zero-order valence-corrected chi connectivity index (χ0v) is 10.7. The Balaban J connectivity index is 1.96. The molecule has 0 amide bonds. The summed E-state index contributed by atoms with van der Waals surface area (Å²) in [7, 11) is 0. The van der Waals surface area contributed by atoms with Crippen molar-refractivity contribution in [2.45, 2.75) is 45.6 Å². The minimum atomic E-state index is 0.199. The van der Waals surface area contributed by atoms with Gasteiger partial charge in [0.25, 0.3) is 0 Å². The summed E-state index contributed by atoms with van der Waals surface area (Å²) in [6, 6.07) is 0. The minimum Gasteiger partial charge on any atom is -0.334 e. The van der Waals surface area contributed by atoms with Crippen LogP contribution >= 0.6 is 0 Å². The maximum atomic E-state index is 4.28. The van der Waals surface area contributed by atoms with Crippen molar-refractivity contribution in [2.75, 3.05) is 13.1 Å². The highest BCUT2D eigenvalue weighted by molar-refractivity contribution is 5.10. The first kappa shape index (κ1) is 11.6. The smallest absolute Gasteiger partial charge is 0.0948 e. The molecule has 0 bridgehead atoms. The predicted octanol–water partition coefficient (Wildman–Crippen LogP) is 2.18. The molecule has 1 unspecified atom stereocenters. The lowest BCUT2D eigenvalue weighted by molar-refractivity contribution is 0.448. The zero-order chi connectivity index (χ0) is 11.6. The largest absolute Gasteiger partial charge is 0.334 e. The van der Waals surface area contributed by atoms with Gasteiger partial charge in [0.1, 0.15) is 0 Å². The number of hydrogen-bond acceptors (Lipinski definition) is 2. The first-order chi connectivity index (χ1) is 7.57. The molecule has 90 valence electrons. The molecule has 2 rings (SSSR count). The molecule has 0 saturated carbocycles. The fraction of sp³-hybridized carbons (Fsp3) is 0.769. The van der Waals surface area contributed by atoms with Crippen molar-refractivity contribution in [3.8, 4) is 0 Å². The predicted molar refractivity (Wildman–Crippen MR) is 66.5 cm³/mol. The van der Waals surface area contributed by atoms with E-state index in [-0.39, 0.29) is 5.41 Å². The Morgan fingerprint density at radius 1 is 1.50 bits per heavy atom. The van der Waals surface area contributed by atoms with Crippen molar-refractivity contribution in [3.63, 3.8) is 0 Å². The highest BCUT2D eigenvalue weighted by atomic mass is 15.1. The van der Waals surface area contributed by atoms with Gasteiger partial charge in [0.2, 0.25) is 0 Å². The summed E-state index contributed by atoms with van der Waals surface area (Å²) in [5.41, 5.74) is 1.54. The van der Waals surface area contributed by atoms with E-state index in [1.807, 2.05) is 12.5 Å². The van der Waals surface area contributed by atoms with Gasteiger partial charge in [-0.3, -0.25) is 0 Å². The van der Waals surface area contributed by atoms with Crippen LogP contribution in [0.1, 0.15) is 39.3 Å². The van der Waals surface area contributed by atoms with Crippen molar-refractivity contribution in [2.24, 2.45) is 5.92 Å². The second kappa shape index (κ2) is 4.58. The highest BCUT2D eigenvalue weighted by Gasteiger charge is 2.20. The number of aromatic nitrogens is 2. The van der Waals surface area contributed by atoms with Gasteiger partial charge in [-0.1, -0.05) is 20.8 Å². The third-order valence-corrected chi connectivity index (χ3v) is 3.42. The van der Waals surface area contributed by atoms with Crippen molar-refractivity contribution >= 4 is 0 Å². The summed E-state index contributed by atoms with van der Waals surface area (Å²) in [5.74, 6) is 0.857. The molecule has 1 atom stereocenters. The molecule has 1 aliphatic heterocycles. The molecule has 1 aliphatic rings. The van der Waals surface area contributed by atoms with Crippen LogP contribution in [0, 0.1) is 5.92 Å². The van der Waals surface area contributed by atoms with E-state index in [0.717, 1.165) is 12.5 Å². The lowest BCUT2D eigenvalue weighted by Crippen LogP contribution is -2.18. The Bertz CT molecular complexity index is 329. The third-order valence-electron chi connectivity index (χ3n) is 3.42. The molecule has 3 heteroatoms. The Kier molecular flexibility index (Phi) is 3.33. The Hall–Kier alpha value is -0.830. The summed E-state index contributed by atoms with van der Waals surface area (Å²) >= 11 is 0. The number of imidazole rings is 1. The monoisotopic (exact) mass is 221 g/mol. The molecule has 0 spiro atoms. The molecular weight excluding hydrogens is 198 g/mol. The Morgan fingerprint density at radius 3 is 2.94 bits per heavy atom. The minimum absolute atomic E-state index is 0.199. The van der Waals surface area contributed by atoms with Crippen LogP contribution in [0.15, 0.2) is 12.5 Å². The van der Waals surface area contributed by atoms with Crippen LogP contribution in [0.25, 0.3) is 0 Å². The number of nitrogens with zero attached hydrogens (tertiary/aromatic N) is 2. The lowest BCUT2D eigenvalue weighted by Gasteiger charge is -2.21. The quantitative estimate of drug-likeness (QED) is 0.848. The van der Waals surface area contributed by atoms with Gasteiger partial charge in [-0.2, -0.15) is 0 Å². The van der Waals surface area contributed by atoms with Gasteiger partial charge in [0, 0.05) is 23.9 Å². The van der Waals surface area contributed by atoms with E-state index >= 15 is 0 Å². The van der Waals surface area contributed by atoms with Gasteiger partial charge in [-0.05, 0) is 31.8 Å². The van der Waals surface area contributed by atoms with Gasteiger partial charge in [-0.15, -0.1) is 0 Å². The van der Waals surface area contributed by atoms with Crippen LogP contribution in [-0.4, -0.2) is 22.6 Å². The number of aryl methyl sites for hydroxylation is 1. The highest BCUT2D eigenvalue weighted by Crippen LogP contribution is 2.23. The maximum absolute atomic E-state index is 4.28. The molecule has 0 radical (unpaired) electrons. The molecule has 16 heavy (non-hydrogen) atoms. The standard InChI is InChI=1S/C13H23N3/c1-13(2,3)12-9-15-10-16(12)7-5-11-4-6-14-8-11/h9-11,14H,4-8H2,1-3H3. The normalized spacial score (nSPS) is 21.6. The summed E-state index contributed by atoms with van der Waals surface area (Å²) in [6.45, 7) is 10.2. The zero-order valence-electron chi connectivity index (χ0n) is 10.7. The van der Waals surface area contributed by atoms with Crippen LogP contribution in [0.4, 0.5) is 0 Å². The molecule has 3 nitrogen and oxygen atoms in total. The van der Waals surface area contributed by atoms with E-state index in [9.17, 15) is 0 Å². The third kappa shape index (κ3) is 2.64.